The van der Waals surface area contributed by atoms with Gasteiger partial charge in [-0.25, -0.2) is 4.79 Å². The van der Waals surface area contributed by atoms with Crippen LogP contribution in [0.1, 0.15) is 60.5 Å². The van der Waals surface area contributed by atoms with Crippen LogP contribution in [0.2, 0.25) is 0 Å². The lowest BCUT2D eigenvalue weighted by Crippen LogP contribution is -2.43. The molecule has 15 heteroatoms. The van der Waals surface area contributed by atoms with Crippen LogP contribution in [0.15, 0.2) is 47.3 Å². The first-order valence-corrected chi connectivity index (χ1v) is 18.9. The minimum absolute atomic E-state index is 0.164. The number of carbonyl (C=O) groups excluding carboxylic acids is 2. The van der Waals surface area contributed by atoms with Gasteiger partial charge < -0.3 is 20.0 Å². The molecular weight excluding hydrogens is 705 g/mol. The third-order valence-electron chi connectivity index (χ3n) is 9.48. The van der Waals surface area contributed by atoms with Crippen LogP contribution in [0.5, 0.6) is 0 Å². The molecule has 1 aliphatic carbocycles. The number of rotatable bonds is 8. The average Bonchev–Trinajstić information content (AvgIpc) is 3.87. The van der Waals surface area contributed by atoms with Crippen molar-refractivity contribution in [2.45, 2.75) is 62.2 Å². The third kappa shape index (κ3) is 5.69. The predicted octanol–water partition coefficient (Wildman–Crippen LogP) is 3.59. The van der Waals surface area contributed by atoms with E-state index in [-0.39, 0.29) is 38.9 Å². The number of nitrogens with zero attached hydrogens (tertiary/aromatic N) is 4. The lowest BCUT2D eigenvalue weighted by Gasteiger charge is -2.27. The van der Waals surface area contributed by atoms with Crippen molar-refractivity contribution < 1.29 is 29.4 Å². The number of hydrogen-bond donors (Lipinski definition) is 2. The number of benzene rings is 2. The molecule has 1 aromatic heterocycles. The van der Waals surface area contributed by atoms with Crippen LogP contribution < -0.4 is 19.7 Å². The summed E-state index contributed by atoms with van der Waals surface area (Å²) in [6, 6.07) is 13.2. The quantitative estimate of drug-likeness (QED) is 0.328. The molecule has 49 heavy (non-hydrogen) atoms. The molecule has 2 N–H and O–H groups in total. The van der Waals surface area contributed by atoms with E-state index >= 15 is 0 Å². The van der Waals surface area contributed by atoms with Crippen LogP contribution in [0.3, 0.4) is 0 Å². The van der Waals surface area contributed by atoms with Gasteiger partial charge in [-0.2, -0.15) is 0 Å². The minimum Gasteiger partial charge on any atom is -0.480 e. The zero-order valence-corrected chi connectivity index (χ0v) is 29.8. The van der Waals surface area contributed by atoms with Crippen molar-refractivity contribution in [3.63, 3.8) is 0 Å². The number of fused-ring (bicyclic) bond motifs is 3. The Hall–Kier alpha value is -3.92. The van der Waals surface area contributed by atoms with E-state index in [0.29, 0.717) is 21.9 Å². The Morgan fingerprint density at radius 1 is 1.00 bits per heavy atom. The third-order valence-corrected chi connectivity index (χ3v) is 13.9. The van der Waals surface area contributed by atoms with Crippen molar-refractivity contribution in [2.75, 3.05) is 18.0 Å². The molecule has 0 spiro atoms. The number of aromatic carboxylic acids is 1. The molecular formula is C34H32N4O7S4. The molecule has 0 radical (unpaired) electrons. The number of carboxylic acids is 2. The zero-order valence-electron chi connectivity index (χ0n) is 26.5. The molecule has 4 atom stereocenters. The molecule has 254 valence electrons. The summed E-state index contributed by atoms with van der Waals surface area (Å²) in [6.07, 6.45) is 4.82. The number of anilines is 2. The Kier molecular flexibility index (Phi) is 8.96. The van der Waals surface area contributed by atoms with E-state index in [1.807, 2.05) is 38.1 Å². The molecule has 2 saturated heterocycles. The van der Waals surface area contributed by atoms with E-state index in [2.05, 4.69) is 11.0 Å². The zero-order chi connectivity index (χ0) is 34.7. The number of aliphatic carboxylic acids is 1. The molecule has 3 aliphatic heterocycles. The van der Waals surface area contributed by atoms with Gasteiger partial charge in [0.05, 0.1) is 10.1 Å². The number of carboxylic acid groups (broad SMARTS) is 2. The van der Waals surface area contributed by atoms with Crippen LogP contribution in [0.25, 0.3) is 11.0 Å². The highest BCUT2D eigenvalue weighted by Gasteiger charge is 2.49. The maximum absolute atomic E-state index is 13.8. The fraction of sp³-hybridized carbons (Fsp3) is 0.353. The van der Waals surface area contributed by atoms with Crippen LogP contribution in [-0.2, 0) is 20.9 Å². The van der Waals surface area contributed by atoms with Gasteiger partial charge in [-0.15, -0.1) is 11.3 Å². The van der Waals surface area contributed by atoms with Crippen molar-refractivity contribution in [3.05, 3.63) is 78.7 Å². The predicted molar refractivity (Wildman–Crippen MR) is 195 cm³/mol. The maximum atomic E-state index is 13.8. The molecule has 4 unspecified atom stereocenters. The van der Waals surface area contributed by atoms with E-state index in [9.17, 15) is 34.2 Å². The largest absolute Gasteiger partial charge is 0.480 e. The lowest BCUT2D eigenvalue weighted by atomic mass is 9.96. The second-order valence-corrected chi connectivity index (χ2v) is 16.1. The van der Waals surface area contributed by atoms with E-state index in [0.717, 1.165) is 57.7 Å². The molecule has 3 fully saturated rings. The first-order chi connectivity index (χ1) is 23.5. The van der Waals surface area contributed by atoms with E-state index < -0.39 is 34.7 Å². The number of carbonyl (C=O) groups is 4. The molecule has 7 rings (SSSR count). The monoisotopic (exact) mass is 736 g/mol. The smallest absolute Gasteiger partial charge is 0.335 e. The summed E-state index contributed by atoms with van der Waals surface area (Å²) in [4.78, 5) is 69.8. The minimum atomic E-state index is -1.21. The normalized spacial score (nSPS) is 24.7. The van der Waals surface area contributed by atoms with E-state index in [1.165, 1.54) is 28.4 Å². The SMILES string of the molecule is CCN1C(=O)C(C2S/C(=c3/s/c(=C/c4ccc5c(c4)C4CCCC4N5c4ccc(C(=O)O)cc4)c(=O)n3CC(=O)O)C(=O)N2CC)SC1=S. The number of thiazole rings is 1. The number of hydrogen-bond acceptors (Lipinski definition) is 10. The molecule has 3 aromatic rings. The van der Waals surface area contributed by atoms with Crippen LogP contribution in [0.4, 0.5) is 11.4 Å². The van der Waals surface area contributed by atoms with Crippen molar-refractivity contribution in [2.24, 2.45) is 0 Å². The van der Waals surface area contributed by atoms with E-state index in [4.69, 9.17) is 12.2 Å². The molecule has 4 aliphatic rings. The molecule has 11 nitrogen and oxygen atoms in total. The van der Waals surface area contributed by atoms with Gasteiger partial charge in [0.25, 0.3) is 11.5 Å². The standard InChI is InChI=1S/C34H32N4O7S4/c1-3-35-29(42)26(48-31(35)27-30(43)36(4-2)34(46)49-27)32-37(16-25(39)40)28(41)24(47-32)15-17-8-13-23-21(14-17)20-6-5-7-22(20)38(23)19-11-9-18(10-12-19)33(44)45/h8-15,20,22,27,31H,3-7,16H2,1-2H3,(H,39,40)(H,44,45)/b24-15+,32-26+. The number of thioether (sulfide) groups is 2. The Bertz CT molecular complexity index is 2110. The number of aromatic nitrogens is 1. The summed E-state index contributed by atoms with van der Waals surface area (Å²) >= 11 is 8.94. The lowest BCUT2D eigenvalue weighted by molar-refractivity contribution is -0.138. The summed E-state index contributed by atoms with van der Waals surface area (Å²) in [5, 5.41) is 17.9. The topological polar surface area (TPSA) is 140 Å². The first-order valence-electron chi connectivity index (χ1n) is 16.0. The van der Waals surface area contributed by atoms with Crippen molar-refractivity contribution in [3.8, 4) is 0 Å². The van der Waals surface area contributed by atoms with Crippen molar-refractivity contribution in [1.29, 1.82) is 0 Å². The summed E-state index contributed by atoms with van der Waals surface area (Å²) in [5.74, 6) is -2.42. The molecule has 1 saturated carbocycles. The Morgan fingerprint density at radius 2 is 1.76 bits per heavy atom. The van der Waals surface area contributed by atoms with Gasteiger partial charge in [-0.05, 0) is 80.3 Å². The fourth-order valence-corrected chi connectivity index (χ4v) is 11.8. The summed E-state index contributed by atoms with van der Waals surface area (Å²) in [6.45, 7) is 3.81. The number of amides is 2. The van der Waals surface area contributed by atoms with Gasteiger partial charge in [0.1, 0.15) is 31.1 Å². The van der Waals surface area contributed by atoms with Crippen molar-refractivity contribution in [1.82, 2.24) is 14.4 Å². The molecule has 0 bridgehead atoms. The maximum Gasteiger partial charge on any atom is 0.335 e. The molecule has 2 amide bonds. The van der Waals surface area contributed by atoms with Gasteiger partial charge >= 0.3 is 11.9 Å². The van der Waals surface area contributed by atoms with Crippen LogP contribution >= 0.6 is 47.1 Å². The van der Waals surface area contributed by atoms with Gasteiger partial charge in [0.2, 0.25) is 5.91 Å². The van der Waals surface area contributed by atoms with Crippen LogP contribution in [0, 0.1) is 0 Å². The fourth-order valence-electron chi connectivity index (χ4n) is 7.29. The highest BCUT2D eigenvalue weighted by molar-refractivity contribution is 8.25. The van der Waals surface area contributed by atoms with Crippen LogP contribution in [-0.4, -0.2) is 82.4 Å². The second-order valence-electron chi connectivity index (χ2n) is 12.2. The van der Waals surface area contributed by atoms with Gasteiger partial charge in [-0.1, -0.05) is 48.2 Å². The summed E-state index contributed by atoms with van der Waals surface area (Å²) in [5.41, 5.74) is 3.63. The second kappa shape index (κ2) is 13.1. The highest BCUT2D eigenvalue weighted by atomic mass is 32.2. The summed E-state index contributed by atoms with van der Waals surface area (Å²) < 4.78 is 2.16. The van der Waals surface area contributed by atoms with Gasteiger partial charge in [0, 0.05) is 36.4 Å². The Morgan fingerprint density at radius 3 is 2.41 bits per heavy atom. The van der Waals surface area contributed by atoms with Gasteiger partial charge in [-0.3, -0.25) is 28.6 Å². The highest BCUT2D eigenvalue weighted by Crippen LogP contribution is 2.52. The Balaban J connectivity index is 1.29. The van der Waals surface area contributed by atoms with E-state index in [1.54, 1.807) is 23.1 Å². The summed E-state index contributed by atoms with van der Waals surface area (Å²) in [7, 11) is 0. The number of thiocarbonyl (C=S) groups is 1. The van der Waals surface area contributed by atoms with Crippen molar-refractivity contribution >= 4 is 97.5 Å². The average molecular weight is 737 g/mol. The van der Waals surface area contributed by atoms with Gasteiger partial charge in [0.15, 0.2) is 0 Å². The Labute approximate surface area is 298 Å². The molecule has 2 aromatic carbocycles. The first kappa shape index (κ1) is 33.6. The molecule has 4 heterocycles.